The number of benzene rings is 3. The van der Waals surface area contributed by atoms with Crippen LogP contribution in [0.5, 0.6) is 0 Å². The third-order valence-electron chi connectivity index (χ3n) is 8.48. The Balaban J connectivity index is 1.38. The van der Waals surface area contributed by atoms with Crippen molar-refractivity contribution in [2.45, 2.75) is 43.7 Å². The summed E-state index contributed by atoms with van der Waals surface area (Å²) in [6, 6.07) is 18.5. The molecule has 0 aromatic heterocycles. The molecule has 3 aromatic rings. The molecule has 1 spiro atoms. The largest absolute Gasteiger partial charge is 0.416 e. The zero-order chi connectivity index (χ0) is 28.9. The first-order valence-corrected chi connectivity index (χ1v) is 13.5. The van der Waals surface area contributed by atoms with Crippen LogP contribution in [0.25, 0.3) is 0 Å². The highest BCUT2D eigenvalue weighted by molar-refractivity contribution is 6.10. The van der Waals surface area contributed by atoms with Gasteiger partial charge in [-0.1, -0.05) is 54.6 Å². The second-order valence-corrected chi connectivity index (χ2v) is 10.9. The van der Waals surface area contributed by atoms with Crippen LogP contribution in [0.15, 0.2) is 78.9 Å². The lowest BCUT2D eigenvalue weighted by atomic mass is 9.74. The summed E-state index contributed by atoms with van der Waals surface area (Å²) in [4.78, 5) is 44.8. The Morgan fingerprint density at radius 2 is 1.49 bits per heavy atom. The molecule has 212 valence electrons. The van der Waals surface area contributed by atoms with Gasteiger partial charge in [-0.15, -0.1) is 0 Å². The molecule has 41 heavy (non-hydrogen) atoms. The molecule has 0 aliphatic carbocycles. The van der Waals surface area contributed by atoms with Gasteiger partial charge in [0.25, 0.3) is 0 Å². The summed E-state index contributed by atoms with van der Waals surface area (Å²) in [7, 11) is 0. The van der Waals surface area contributed by atoms with Gasteiger partial charge in [-0.25, -0.2) is 4.39 Å². The van der Waals surface area contributed by atoms with Crippen LogP contribution in [0.3, 0.4) is 0 Å². The van der Waals surface area contributed by atoms with Crippen molar-refractivity contribution in [2.75, 3.05) is 6.54 Å². The minimum atomic E-state index is -4.53. The van der Waals surface area contributed by atoms with Crippen molar-refractivity contribution in [3.63, 3.8) is 0 Å². The van der Waals surface area contributed by atoms with Crippen molar-refractivity contribution in [3.05, 3.63) is 107 Å². The van der Waals surface area contributed by atoms with E-state index in [1.54, 1.807) is 41.3 Å². The lowest BCUT2D eigenvalue weighted by Gasteiger charge is -2.42. The summed E-state index contributed by atoms with van der Waals surface area (Å²) < 4.78 is 53.3. The Bertz CT molecular complexity index is 1480. The van der Waals surface area contributed by atoms with Gasteiger partial charge in [-0.05, 0) is 53.8 Å². The van der Waals surface area contributed by atoms with E-state index in [-0.39, 0.29) is 19.0 Å². The van der Waals surface area contributed by atoms with Gasteiger partial charge in [-0.3, -0.25) is 24.6 Å². The highest BCUT2D eigenvalue weighted by Gasteiger charge is 2.69. The summed E-state index contributed by atoms with van der Waals surface area (Å²) in [5.74, 6) is -3.65. The van der Waals surface area contributed by atoms with Gasteiger partial charge in [0.15, 0.2) is 0 Å². The summed E-state index contributed by atoms with van der Waals surface area (Å²) in [5, 5.41) is 3.30. The first-order chi connectivity index (χ1) is 19.6. The first-order valence-electron chi connectivity index (χ1n) is 13.5. The molecule has 0 unspecified atom stereocenters. The lowest BCUT2D eigenvalue weighted by Crippen LogP contribution is -2.63. The SMILES string of the molecule is O=C1[C@H]2[C@@H](c3ccc(C(F)(F)F)cc3)N[C@]3(CCCN(Cc4ccc(F)cc4)C3=O)[C@H]2C(=O)N1Cc1ccccc1. The number of carbonyl (C=O) groups is 3. The number of carbonyl (C=O) groups excluding carboxylic acids is 3. The predicted molar refractivity (Wildman–Crippen MR) is 140 cm³/mol. The van der Waals surface area contributed by atoms with E-state index in [2.05, 4.69) is 5.32 Å². The molecule has 3 aromatic carbocycles. The number of halogens is 4. The molecule has 3 saturated heterocycles. The molecule has 3 aliphatic rings. The van der Waals surface area contributed by atoms with Crippen LogP contribution in [0, 0.1) is 17.7 Å². The maximum atomic E-state index is 14.2. The molecule has 3 fully saturated rings. The smallest absolute Gasteiger partial charge is 0.337 e. The van der Waals surface area contributed by atoms with E-state index in [0.717, 1.165) is 17.7 Å². The number of likely N-dealkylation sites (tertiary alicyclic amines) is 2. The van der Waals surface area contributed by atoms with E-state index >= 15 is 0 Å². The molecule has 0 radical (unpaired) electrons. The van der Waals surface area contributed by atoms with Crippen molar-refractivity contribution in [2.24, 2.45) is 11.8 Å². The molecule has 0 bridgehead atoms. The van der Waals surface area contributed by atoms with Gasteiger partial charge in [0, 0.05) is 19.1 Å². The Morgan fingerprint density at radius 1 is 0.829 bits per heavy atom. The van der Waals surface area contributed by atoms with Crippen molar-refractivity contribution in [3.8, 4) is 0 Å². The number of nitrogens with zero attached hydrogens (tertiary/aromatic N) is 2. The van der Waals surface area contributed by atoms with Gasteiger partial charge in [0.2, 0.25) is 17.7 Å². The van der Waals surface area contributed by atoms with Gasteiger partial charge >= 0.3 is 6.18 Å². The minimum Gasteiger partial charge on any atom is -0.337 e. The van der Waals surface area contributed by atoms with Gasteiger partial charge in [-0.2, -0.15) is 13.2 Å². The average molecular weight is 566 g/mol. The number of fused-ring (bicyclic) bond motifs is 2. The molecule has 4 atom stereocenters. The Hall–Kier alpha value is -4.05. The number of imide groups is 1. The second-order valence-electron chi connectivity index (χ2n) is 10.9. The molecule has 1 N–H and O–H groups in total. The normalized spacial score (nSPS) is 26.2. The number of hydrogen-bond acceptors (Lipinski definition) is 4. The average Bonchev–Trinajstić information content (AvgIpc) is 3.42. The third-order valence-corrected chi connectivity index (χ3v) is 8.48. The van der Waals surface area contributed by atoms with E-state index in [9.17, 15) is 31.9 Å². The quantitative estimate of drug-likeness (QED) is 0.355. The Morgan fingerprint density at radius 3 is 2.15 bits per heavy atom. The van der Waals surface area contributed by atoms with Crippen LogP contribution in [-0.4, -0.2) is 39.6 Å². The standard InChI is InChI=1S/C31H27F4N3O3/c32-23-13-7-20(8-14-23)17-37-16-4-15-30(29(37)41)25-24(26(36-30)21-9-11-22(12-10-21)31(33,34)35)27(39)38(28(25)40)18-19-5-2-1-3-6-19/h1-3,5-14,24-26,36H,4,15-18H2/t24-,25-,26-,30-/m1/s1. The fraction of sp³-hybridized carbons (Fsp3) is 0.323. The van der Waals surface area contributed by atoms with Crippen LogP contribution in [0.2, 0.25) is 0 Å². The summed E-state index contributed by atoms with van der Waals surface area (Å²) in [6.07, 6.45) is -3.69. The van der Waals surface area contributed by atoms with E-state index in [4.69, 9.17) is 0 Å². The molecule has 10 heteroatoms. The Labute approximate surface area is 233 Å². The fourth-order valence-electron chi connectivity index (χ4n) is 6.58. The molecular formula is C31H27F4N3O3. The molecule has 6 nitrogen and oxygen atoms in total. The number of piperidine rings is 1. The summed E-state index contributed by atoms with van der Waals surface area (Å²) >= 11 is 0. The van der Waals surface area contributed by atoms with Crippen LogP contribution < -0.4 is 5.32 Å². The van der Waals surface area contributed by atoms with E-state index in [1.165, 1.54) is 29.2 Å². The molecule has 6 rings (SSSR count). The van der Waals surface area contributed by atoms with E-state index in [0.29, 0.717) is 30.5 Å². The van der Waals surface area contributed by atoms with Crippen molar-refractivity contribution >= 4 is 17.7 Å². The van der Waals surface area contributed by atoms with Crippen molar-refractivity contribution in [1.29, 1.82) is 0 Å². The molecule has 3 heterocycles. The van der Waals surface area contributed by atoms with E-state index in [1.807, 2.05) is 6.07 Å². The first kappa shape index (κ1) is 27.1. The minimum absolute atomic E-state index is 0.0365. The van der Waals surface area contributed by atoms with Crippen LogP contribution >= 0.6 is 0 Å². The molecular weight excluding hydrogens is 538 g/mol. The fourth-order valence-corrected chi connectivity index (χ4v) is 6.58. The van der Waals surface area contributed by atoms with Gasteiger partial charge in [0.05, 0.1) is 23.9 Å². The zero-order valence-electron chi connectivity index (χ0n) is 21.9. The van der Waals surface area contributed by atoms with Crippen LogP contribution in [0.4, 0.5) is 17.6 Å². The number of hydrogen-bond donors (Lipinski definition) is 1. The van der Waals surface area contributed by atoms with Gasteiger partial charge < -0.3 is 4.90 Å². The molecule has 0 saturated carbocycles. The highest BCUT2D eigenvalue weighted by Crippen LogP contribution is 2.52. The predicted octanol–water partition coefficient (Wildman–Crippen LogP) is 4.85. The van der Waals surface area contributed by atoms with Gasteiger partial charge in [0.1, 0.15) is 11.4 Å². The number of rotatable bonds is 5. The number of alkyl halides is 3. The van der Waals surface area contributed by atoms with Crippen LogP contribution in [-0.2, 0) is 33.6 Å². The summed E-state index contributed by atoms with van der Waals surface area (Å²) in [6.45, 7) is 0.646. The maximum Gasteiger partial charge on any atom is 0.416 e. The lowest BCUT2D eigenvalue weighted by molar-refractivity contribution is -0.150. The number of nitrogens with one attached hydrogen (secondary N) is 1. The Kier molecular flexibility index (Phi) is 6.68. The van der Waals surface area contributed by atoms with Crippen molar-refractivity contribution < 1.29 is 31.9 Å². The molecule has 3 aliphatic heterocycles. The van der Waals surface area contributed by atoms with Crippen molar-refractivity contribution in [1.82, 2.24) is 15.1 Å². The number of amides is 3. The molecule has 3 amide bonds. The third kappa shape index (κ3) is 4.69. The monoisotopic (exact) mass is 565 g/mol. The maximum absolute atomic E-state index is 14.2. The van der Waals surface area contributed by atoms with Crippen LogP contribution in [0.1, 0.15) is 41.1 Å². The zero-order valence-corrected chi connectivity index (χ0v) is 21.9. The highest BCUT2D eigenvalue weighted by atomic mass is 19.4. The summed E-state index contributed by atoms with van der Waals surface area (Å²) in [5.41, 5.74) is -0.380. The van der Waals surface area contributed by atoms with E-state index < -0.39 is 52.8 Å². The second kappa shape index (κ2) is 10.1. The topological polar surface area (TPSA) is 69.7 Å².